The normalized spacial score (nSPS) is 11.9. The zero-order chi connectivity index (χ0) is 13.1. The van der Waals surface area contributed by atoms with Crippen molar-refractivity contribution in [1.82, 2.24) is 9.97 Å². The average Bonchev–Trinajstić information content (AvgIpc) is 2.14. The van der Waals surface area contributed by atoms with E-state index in [0.29, 0.717) is 5.56 Å². The Kier molecular flexibility index (Phi) is 4.56. The third kappa shape index (κ3) is 4.38. The van der Waals surface area contributed by atoms with Gasteiger partial charge in [0.2, 0.25) is 5.88 Å². The van der Waals surface area contributed by atoms with Gasteiger partial charge in [0.05, 0.1) is 18.6 Å². The van der Waals surface area contributed by atoms with E-state index in [1.54, 1.807) is 0 Å². The first kappa shape index (κ1) is 14.0. The van der Waals surface area contributed by atoms with Gasteiger partial charge in [-0.15, -0.1) is 0 Å². The van der Waals surface area contributed by atoms with Crippen molar-refractivity contribution in [3.63, 3.8) is 0 Å². The molecule has 0 atom stereocenters. The second-order valence-electron chi connectivity index (χ2n) is 3.75. The van der Waals surface area contributed by atoms with Crippen LogP contribution in [0.1, 0.15) is 31.7 Å². The first-order valence-electron chi connectivity index (χ1n) is 5.01. The number of ether oxygens (including phenoxy) is 1. The van der Waals surface area contributed by atoms with Gasteiger partial charge < -0.3 is 4.74 Å². The molecule has 0 unspecified atom stereocenters. The third-order valence-electron chi connectivity index (χ3n) is 2.00. The van der Waals surface area contributed by atoms with Crippen molar-refractivity contribution < 1.29 is 17.9 Å². The van der Waals surface area contributed by atoms with Crippen LogP contribution in [0.25, 0.3) is 0 Å². The van der Waals surface area contributed by atoms with E-state index in [4.69, 9.17) is 16.3 Å². The minimum Gasteiger partial charge on any atom is -0.477 e. The second kappa shape index (κ2) is 5.53. The average molecular weight is 269 g/mol. The van der Waals surface area contributed by atoms with Crippen molar-refractivity contribution in [2.24, 2.45) is 0 Å². The molecule has 1 rings (SSSR count). The highest BCUT2D eigenvalue weighted by atomic mass is 35.5. The van der Waals surface area contributed by atoms with Gasteiger partial charge in [-0.05, 0) is 5.92 Å². The number of halogens is 4. The van der Waals surface area contributed by atoms with Gasteiger partial charge in [-0.1, -0.05) is 25.4 Å². The molecule has 0 aliphatic rings. The fourth-order valence-electron chi connectivity index (χ4n) is 1.22. The lowest BCUT2D eigenvalue weighted by Gasteiger charge is -2.14. The lowest BCUT2D eigenvalue weighted by atomic mass is 10.1. The molecular formula is C10H12ClF3N2O. The Morgan fingerprint density at radius 2 is 2.00 bits per heavy atom. The van der Waals surface area contributed by atoms with Crippen molar-refractivity contribution in [2.75, 3.05) is 6.61 Å². The maximum Gasteiger partial charge on any atom is 0.392 e. The number of rotatable bonds is 4. The van der Waals surface area contributed by atoms with E-state index in [2.05, 4.69) is 9.97 Å². The summed E-state index contributed by atoms with van der Waals surface area (Å²) in [4.78, 5) is 7.57. The Balaban J connectivity index is 2.74. The minimum atomic E-state index is -4.24. The van der Waals surface area contributed by atoms with Crippen molar-refractivity contribution in [2.45, 2.75) is 32.4 Å². The van der Waals surface area contributed by atoms with Crippen LogP contribution in [0.5, 0.6) is 5.88 Å². The summed E-state index contributed by atoms with van der Waals surface area (Å²) < 4.78 is 40.9. The Morgan fingerprint density at radius 3 is 2.53 bits per heavy atom. The largest absolute Gasteiger partial charge is 0.477 e. The maximum absolute atomic E-state index is 12.0. The summed E-state index contributed by atoms with van der Waals surface area (Å²) >= 11 is 5.84. The van der Waals surface area contributed by atoms with Crippen LogP contribution in [0.4, 0.5) is 13.2 Å². The fourth-order valence-corrected chi connectivity index (χ4v) is 1.57. The third-order valence-corrected chi connectivity index (χ3v) is 2.30. The summed E-state index contributed by atoms with van der Waals surface area (Å²) in [5, 5.41) is 0.206. The Morgan fingerprint density at radius 1 is 1.35 bits per heavy atom. The first-order chi connectivity index (χ1) is 7.81. The van der Waals surface area contributed by atoms with E-state index in [0.717, 1.165) is 6.33 Å². The molecule has 96 valence electrons. The SMILES string of the molecule is CC(C)c1c(Cl)ncnc1OCCC(F)(F)F. The Bertz CT molecular complexity index is 382. The standard InChI is InChI=1S/C10H12ClF3N2O/c1-6(2)7-8(11)15-5-16-9(7)17-4-3-10(12,13)14/h5-6H,3-4H2,1-2H3. The van der Waals surface area contributed by atoms with Crippen molar-refractivity contribution in [3.05, 3.63) is 17.0 Å². The van der Waals surface area contributed by atoms with Gasteiger partial charge in [-0.25, -0.2) is 9.97 Å². The smallest absolute Gasteiger partial charge is 0.392 e. The van der Waals surface area contributed by atoms with Crippen LogP contribution >= 0.6 is 11.6 Å². The summed E-state index contributed by atoms with van der Waals surface area (Å²) in [6, 6.07) is 0. The molecule has 0 bridgehead atoms. The number of alkyl halides is 3. The van der Waals surface area contributed by atoms with Crippen molar-refractivity contribution >= 4 is 11.6 Å². The minimum absolute atomic E-state index is 0.0235. The van der Waals surface area contributed by atoms with Gasteiger partial charge in [0.25, 0.3) is 0 Å². The zero-order valence-corrected chi connectivity index (χ0v) is 10.1. The highest BCUT2D eigenvalue weighted by molar-refractivity contribution is 6.30. The molecule has 0 aliphatic carbocycles. The van der Waals surface area contributed by atoms with E-state index in [1.807, 2.05) is 13.8 Å². The van der Waals surface area contributed by atoms with E-state index in [-0.39, 0.29) is 17.0 Å². The molecule has 0 aliphatic heterocycles. The molecule has 17 heavy (non-hydrogen) atoms. The van der Waals surface area contributed by atoms with Crippen LogP contribution in [0.3, 0.4) is 0 Å². The van der Waals surface area contributed by atoms with Gasteiger partial charge in [-0.2, -0.15) is 13.2 Å². The summed E-state index contributed by atoms with van der Waals surface area (Å²) in [5.41, 5.74) is 0.524. The number of aromatic nitrogens is 2. The summed E-state index contributed by atoms with van der Waals surface area (Å²) in [6.45, 7) is 3.19. The predicted molar refractivity (Wildman–Crippen MR) is 57.3 cm³/mol. The monoisotopic (exact) mass is 268 g/mol. The quantitative estimate of drug-likeness (QED) is 0.783. The zero-order valence-electron chi connectivity index (χ0n) is 9.38. The molecule has 1 heterocycles. The molecule has 1 aromatic rings. The molecule has 3 nitrogen and oxygen atoms in total. The Hall–Kier alpha value is -1.04. The van der Waals surface area contributed by atoms with Crippen LogP contribution in [0.2, 0.25) is 5.15 Å². The summed E-state index contributed by atoms with van der Waals surface area (Å²) in [6.07, 6.45) is -4.10. The van der Waals surface area contributed by atoms with Crippen molar-refractivity contribution in [1.29, 1.82) is 0 Å². The van der Waals surface area contributed by atoms with E-state index < -0.39 is 19.2 Å². The van der Waals surface area contributed by atoms with Crippen LogP contribution in [-0.4, -0.2) is 22.8 Å². The molecule has 1 aromatic heterocycles. The van der Waals surface area contributed by atoms with Crippen LogP contribution < -0.4 is 4.74 Å². The van der Waals surface area contributed by atoms with Gasteiger partial charge in [-0.3, -0.25) is 0 Å². The van der Waals surface area contributed by atoms with Crippen LogP contribution in [-0.2, 0) is 0 Å². The van der Waals surface area contributed by atoms with Gasteiger partial charge in [0.1, 0.15) is 11.5 Å². The van der Waals surface area contributed by atoms with E-state index >= 15 is 0 Å². The molecule has 0 aromatic carbocycles. The lowest BCUT2D eigenvalue weighted by molar-refractivity contribution is -0.139. The highest BCUT2D eigenvalue weighted by Crippen LogP contribution is 2.30. The number of hydrogen-bond acceptors (Lipinski definition) is 3. The molecule has 0 radical (unpaired) electrons. The predicted octanol–water partition coefficient (Wildman–Crippen LogP) is 3.58. The molecule has 0 saturated carbocycles. The van der Waals surface area contributed by atoms with Gasteiger partial charge in [0, 0.05) is 0 Å². The molecule has 0 amide bonds. The highest BCUT2D eigenvalue weighted by Gasteiger charge is 2.27. The lowest BCUT2D eigenvalue weighted by Crippen LogP contribution is -2.14. The molecule has 0 N–H and O–H groups in total. The first-order valence-corrected chi connectivity index (χ1v) is 5.39. The van der Waals surface area contributed by atoms with E-state index in [9.17, 15) is 13.2 Å². The van der Waals surface area contributed by atoms with Gasteiger partial charge in [0.15, 0.2) is 0 Å². The van der Waals surface area contributed by atoms with Gasteiger partial charge >= 0.3 is 6.18 Å². The summed E-state index contributed by atoms with van der Waals surface area (Å²) in [7, 11) is 0. The number of nitrogens with zero attached hydrogens (tertiary/aromatic N) is 2. The molecular weight excluding hydrogens is 257 g/mol. The maximum atomic E-state index is 12.0. The molecule has 0 saturated heterocycles. The summed E-state index contributed by atoms with van der Waals surface area (Å²) in [5.74, 6) is 0.0915. The topological polar surface area (TPSA) is 35.0 Å². The molecule has 0 spiro atoms. The number of hydrogen-bond donors (Lipinski definition) is 0. The van der Waals surface area contributed by atoms with Crippen LogP contribution in [0.15, 0.2) is 6.33 Å². The van der Waals surface area contributed by atoms with Crippen molar-refractivity contribution in [3.8, 4) is 5.88 Å². The fraction of sp³-hybridized carbons (Fsp3) is 0.600. The molecule has 0 fully saturated rings. The second-order valence-corrected chi connectivity index (χ2v) is 4.11. The van der Waals surface area contributed by atoms with E-state index in [1.165, 1.54) is 0 Å². The van der Waals surface area contributed by atoms with Crippen LogP contribution in [0, 0.1) is 0 Å². The molecule has 7 heteroatoms. The Labute approximate surface area is 102 Å².